The summed E-state index contributed by atoms with van der Waals surface area (Å²) in [6.07, 6.45) is 5.72. The van der Waals surface area contributed by atoms with Crippen LogP contribution in [-0.4, -0.2) is 52.6 Å². The van der Waals surface area contributed by atoms with Crippen molar-refractivity contribution in [1.82, 2.24) is 34.9 Å². The van der Waals surface area contributed by atoms with Crippen LogP contribution in [0.1, 0.15) is 41.4 Å². The summed E-state index contributed by atoms with van der Waals surface area (Å²) < 4.78 is 3.67. The van der Waals surface area contributed by atoms with E-state index in [4.69, 9.17) is 0 Å². The second-order valence-corrected chi connectivity index (χ2v) is 7.31. The maximum absolute atomic E-state index is 9.89. The Hall–Kier alpha value is -2.58. The van der Waals surface area contributed by atoms with E-state index in [2.05, 4.69) is 51.5 Å². The van der Waals surface area contributed by atoms with Crippen LogP contribution in [0.4, 0.5) is 0 Å². The number of aliphatic hydroxyl groups excluding tert-OH is 1. The number of aromatic nitrogens is 6. The Morgan fingerprint density at radius 2 is 1.96 bits per heavy atom. The van der Waals surface area contributed by atoms with Crippen LogP contribution in [0.3, 0.4) is 0 Å². The number of aliphatic hydroxyl groups is 1. The average Bonchev–Trinajstić information content (AvgIpc) is 3.35. The summed E-state index contributed by atoms with van der Waals surface area (Å²) in [6, 6.07) is 6.35. The van der Waals surface area contributed by atoms with E-state index in [1.54, 1.807) is 4.68 Å². The number of benzene rings is 1. The van der Waals surface area contributed by atoms with Crippen LogP contribution in [0, 0.1) is 13.8 Å². The Morgan fingerprint density at radius 1 is 1.19 bits per heavy atom. The minimum Gasteiger partial charge on any atom is -0.395 e. The Morgan fingerprint density at radius 3 is 2.63 bits per heavy atom. The molecule has 8 heteroatoms. The number of rotatable bonds is 5. The number of tetrazole rings is 1. The van der Waals surface area contributed by atoms with Crippen molar-refractivity contribution in [2.75, 3.05) is 6.61 Å². The zero-order valence-corrected chi connectivity index (χ0v) is 15.9. The predicted molar refractivity (Wildman–Crippen MR) is 100 cm³/mol. The first-order valence-corrected chi connectivity index (χ1v) is 9.27. The Bertz CT molecular complexity index is 912. The standard InChI is InChI=1S/C19H25N7O/c1-13-5-4-6-14(2)18(13)26-19(21-22-23-26)17-8-7-16(12-27)25(17)11-15-9-20-24(3)10-15/h4-6,9-10,16-17,27H,7-8,11-12H2,1-3H3/t16-,17-/m0/s1. The van der Waals surface area contributed by atoms with Gasteiger partial charge in [-0.05, 0) is 48.2 Å². The summed E-state index contributed by atoms with van der Waals surface area (Å²) in [6.45, 7) is 4.99. The summed E-state index contributed by atoms with van der Waals surface area (Å²) >= 11 is 0. The normalized spacial score (nSPS) is 20.4. The SMILES string of the molecule is Cc1cccc(C)c1-n1nnnc1[C@@H]1CC[C@@H](CO)N1Cc1cnn(C)c1. The fourth-order valence-electron chi connectivity index (χ4n) is 4.11. The highest BCUT2D eigenvalue weighted by molar-refractivity contribution is 5.46. The lowest BCUT2D eigenvalue weighted by Gasteiger charge is -2.28. The largest absolute Gasteiger partial charge is 0.395 e. The molecule has 0 bridgehead atoms. The zero-order valence-electron chi connectivity index (χ0n) is 15.9. The number of likely N-dealkylation sites (tertiary alicyclic amines) is 1. The van der Waals surface area contributed by atoms with E-state index < -0.39 is 0 Å². The van der Waals surface area contributed by atoms with Crippen molar-refractivity contribution in [1.29, 1.82) is 0 Å². The molecule has 0 saturated carbocycles. The van der Waals surface area contributed by atoms with Crippen LogP contribution in [-0.2, 0) is 13.6 Å². The highest BCUT2D eigenvalue weighted by Crippen LogP contribution is 2.37. The van der Waals surface area contributed by atoms with Crippen LogP contribution in [0.25, 0.3) is 5.69 Å². The summed E-state index contributed by atoms with van der Waals surface area (Å²) in [5.74, 6) is 0.826. The van der Waals surface area contributed by atoms with Crippen molar-refractivity contribution in [2.45, 2.75) is 45.3 Å². The third-order valence-corrected chi connectivity index (χ3v) is 5.42. The highest BCUT2D eigenvalue weighted by Gasteiger charge is 2.37. The molecule has 2 atom stereocenters. The first-order valence-electron chi connectivity index (χ1n) is 9.27. The molecule has 0 amide bonds. The summed E-state index contributed by atoms with van der Waals surface area (Å²) in [4.78, 5) is 2.30. The minimum atomic E-state index is 0.0522. The molecule has 3 heterocycles. The molecule has 27 heavy (non-hydrogen) atoms. The molecular weight excluding hydrogens is 342 g/mol. The van der Waals surface area contributed by atoms with Crippen molar-refractivity contribution < 1.29 is 5.11 Å². The quantitative estimate of drug-likeness (QED) is 0.739. The molecule has 1 N–H and O–H groups in total. The van der Waals surface area contributed by atoms with Crippen LogP contribution in [0.2, 0.25) is 0 Å². The summed E-state index contributed by atoms with van der Waals surface area (Å²) in [5, 5.41) is 26.8. The topological polar surface area (TPSA) is 84.9 Å². The first kappa shape index (κ1) is 17.8. The molecule has 0 spiro atoms. The van der Waals surface area contributed by atoms with Gasteiger partial charge in [0, 0.05) is 31.4 Å². The molecule has 1 aliphatic rings. The van der Waals surface area contributed by atoms with Crippen molar-refractivity contribution in [3.63, 3.8) is 0 Å². The molecule has 8 nitrogen and oxygen atoms in total. The van der Waals surface area contributed by atoms with E-state index in [9.17, 15) is 5.11 Å². The maximum atomic E-state index is 9.89. The van der Waals surface area contributed by atoms with E-state index in [-0.39, 0.29) is 18.7 Å². The number of nitrogens with zero attached hydrogens (tertiary/aromatic N) is 7. The van der Waals surface area contributed by atoms with Gasteiger partial charge in [-0.2, -0.15) is 9.78 Å². The van der Waals surface area contributed by atoms with Crippen LogP contribution in [0.15, 0.2) is 30.6 Å². The molecule has 1 saturated heterocycles. The van der Waals surface area contributed by atoms with Crippen LogP contribution >= 0.6 is 0 Å². The third kappa shape index (κ3) is 3.26. The van der Waals surface area contributed by atoms with Crippen LogP contribution in [0.5, 0.6) is 0 Å². The fraction of sp³-hybridized carbons (Fsp3) is 0.474. The van der Waals surface area contributed by atoms with Crippen LogP contribution < -0.4 is 0 Å². The van der Waals surface area contributed by atoms with E-state index in [1.165, 1.54) is 0 Å². The van der Waals surface area contributed by atoms with Gasteiger partial charge in [-0.25, -0.2) is 0 Å². The second-order valence-electron chi connectivity index (χ2n) is 7.31. The molecule has 1 fully saturated rings. The van der Waals surface area contributed by atoms with Gasteiger partial charge in [0.15, 0.2) is 5.82 Å². The molecule has 0 aliphatic carbocycles. The fourth-order valence-corrected chi connectivity index (χ4v) is 4.11. The molecular formula is C19H25N7O. The maximum Gasteiger partial charge on any atom is 0.173 e. The number of aryl methyl sites for hydroxylation is 3. The molecule has 1 aromatic carbocycles. The number of hydrogen-bond donors (Lipinski definition) is 1. The lowest BCUT2D eigenvalue weighted by molar-refractivity contribution is 0.118. The van der Waals surface area contributed by atoms with E-state index >= 15 is 0 Å². The third-order valence-electron chi connectivity index (χ3n) is 5.42. The van der Waals surface area contributed by atoms with Gasteiger partial charge < -0.3 is 5.11 Å². The van der Waals surface area contributed by atoms with Crippen molar-refractivity contribution in [2.24, 2.45) is 7.05 Å². The molecule has 2 aromatic heterocycles. The van der Waals surface area contributed by atoms with Gasteiger partial charge in [0.25, 0.3) is 0 Å². The molecule has 0 unspecified atom stereocenters. The van der Waals surface area contributed by atoms with Gasteiger partial charge in [-0.1, -0.05) is 18.2 Å². The van der Waals surface area contributed by atoms with E-state index in [0.717, 1.165) is 41.0 Å². The Kier molecular flexibility index (Phi) is 4.75. The zero-order chi connectivity index (χ0) is 19.0. The van der Waals surface area contributed by atoms with Crippen molar-refractivity contribution in [3.05, 3.63) is 53.1 Å². The summed E-state index contributed by atoms with van der Waals surface area (Å²) in [5.41, 5.74) is 4.43. The van der Waals surface area contributed by atoms with E-state index in [0.29, 0.717) is 6.54 Å². The second kappa shape index (κ2) is 7.21. The minimum absolute atomic E-state index is 0.0522. The first-order chi connectivity index (χ1) is 13.1. The van der Waals surface area contributed by atoms with Gasteiger partial charge >= 0.3 is 0 Å². The highest BCUT2D eigenvalue weighted by atomic mass is 16.3. The smallest absolute Gasteiger partial charge is 0.173 e. The lowest BCUT2D eigenvalue weighted by Crippen LogP contribution is -2.34. The molecule has 4 rings (SSSR count). The number of hydrogen-bond acceptors (Lipinski definition) is 6. The number of para-hydroxylation sites is 1. The van der Waals surface area contributed by atoms with Gasteiger partial charge in [0.1, 0.15) is 0 Å². The predicted octanol–water partition coefficient (Wildman–Crippen LogP) is 1.71. The Labute approximate surface area is 158 Å². The van der Waals surface area contributed by atoms with Gasteiger partial charge in [-0.15, -0.1) is 5.10 Å². The molecule has 1 aliphatic heterocycles. The molecule has 142 valence electrons. The lowest BCUT2D eigenvalue weighted by atomic mass is 10.1. The van der Waals surface area contributed by atoms with Crippen molar-refractivity contribution in [3.8, 4) is 5.69 Å². The monoisotopic (exact) mass is 367 g/mol. The van der Waals surface area contributed by atoms with Crippen molar-refractivity contribution >= 4 is 0 Å². The van der Waals surface area contributed by atoms with Gasteiger partial charge in [-0.3, -0.25) is 9.58 Å². The van der Waals surface area contributed by atoms with Gasteiger partial charge in [0.2, 0.25) is 0 Å². The summed E-state index contributed by atoms with van der Waals surface area (Å²) in [7, 11) is 1.91. The van der Waals surface area contributed by atoms with E-state index in [1.807, 2.05) is 30.2 Å². The molecule has 0 radical (unpaired) electrons. The molecule has 3 aromatic rings. The Balaban J connectivity index is 1.71. The van der Waals surface area contributed by atoms with Gasteiger partial charge in [0.05, 0.1) is 24.5 Å². The average molecular weight is 367 g/mol.